The lowest BCUT2D eigenvalue weighted by molar-refractivity contribution is -0.124. The number of amides is 2. The first-order valence-corrected chi connectivity index (χ1v) is 13.3. The number of halogens is 2. The van der Waals surface area contributed by atoms with Gasteiger partial charge in [0.05, 0.1) is 10.6 Å². The minimum absolute atomic E-state index is 0.163. The van der Waals surface area contributed by atoms with Crippen molar-refractivity contribution in [1.82, 2.24) is 15.1 Å². The average Bonchev–Trinajstić information content (AvgIpc) is 3.28. The third kappa shape index (κ3) is 5.75. The molecule has 2 saturated heterocycles. The molecule has 182 valence electrons. The maximum Gasteiger partial charge on any atom is 0.257 e. The Balaban J connectivity index is 1.46. The van der Waals surface area contributed by atoms with E-state index in [4.69, 9.17) is 11.6 Å². The van der Waals surface area contributed by atoms with Crippen LogP contribution in [0.2, 0.25) is 5.02 Å². The molecule has 4 rings (SSSR count). The van der Waals surface area contributed by atoms with E-state index < -0.39 is 11.4 Å². The highest BCUT2D eigenvalue weighted by atomic mass is 35.5. The van der Waals surface area contributed by atoms with Crippen LogP contribution >= 0.6 is 23.4 Å². The summed E-state index contributed by atoms with van der Waals surface area (Å²) < 4.78 is 13.5. The molecule has 2 heterocycles. The van der Waals surface area contributed by atoms with Gasteiger partial charge in [-0.25, -0.2) is 4.39 Å². The maximum atomic E-state index is 13.6. The van der Waals surface area contributed by atoms with Gasteiger partial charge in [0.25, 0.3) is 5.91 Å². The molecule has 0 saturated carbocycles. The van der Waals surface area contributed by atoms with Gasteiger partial charge < -0.3 is 15.1 Å². The van der Waals surface area contributed by atoms with Gasteiger partial charge in [-0.2, -0.15) is 0 Å². The number of likely N-dealkylation sites (tertiary alicyclic amines) is 1. The fourth-order valence-corrected chi connectivity index (χ4v) is 6.36. The molecule has 2 aromatic rings. The van der Waals surface area contributed by atoms with Gasteiger partial charge in [-0.15, -0.1) is 11.8 Å². The number of hydrogen-bond donors (Lipinski definition) is 1. The Bertz CT molecular complexity index is 1010. The van der Waals surface area contributed by atoms with Gasteiger partial charge in [0.2, 0.25) is 5.91 Å². The predicted molar refractivity (Wildman–Crippen MR) is 136 cm³/mol. The first-order valence-electron chi connectivity index (χ1n) is 11.9. The molecule has 3 atom stereocenters. The highest BCUT2D eigenvalue weighted by Gasteiger charge is 2.43. The summed E-state index contributed by atoms with van der Waals surface area (Å²) in [5.74, 6) is -0.336. The standard InChI is InChI=1S/C26H31ClFN3O2S/c1-18-7-4-5-15-30(18)16-6-14-29-24(32)23-17-34-26(19-10-12-20(28)13-11-19)31(23)25(33)21-8-2-3-9-22(21)27/h2-3,8-13,18,23,26H,4-7,14-17H2,1H3,(H,29,32). The van der Waals surface area contributed by atoms with E-state index in [1.165, 1.54) is 43.2 Å². The Morgan fingerprint density at radius 3 is 2.65 bits per heavy atom. The summed E-state index contributed by atoms with van der Waals surface area (Å²) in [4.78, 5) is 30.9. The lowest BCUT2D eigenvalue weighted by Crippen LogP contribution is -2.48. The highest BCUT2D eigenvalue weighted by Crippen LogP contribution is 2.42. The van der Waals surface area contributed by atoms with Gasteiger partial charge in [0, 0.05) is 24.9 Å². The van der Waals surface area contributed by atoms with Crippen LogP contribution in [0.1, 0.15) is 53.9 Å². The van der Waals surface area contributed by atoms with E-state index in [0.29, 0.717) is 28.9 Å². The number of nitrogens with one attached hydrogen (secondary N) is 1. The molecule has 5 nitrogen and oxygen atoms in total. The van der Waals surface area contributed by atoms with E-state index in [1.54, 1.807) is 41.3 Å². The smallest absolute Gasteiger partial charge is 0.257 e. The second-order valence-electron chi connectivity index (χ2n) is 8.97. The molecular formula is C26H31ClFN3O2S. The van der Waals surface area contributed by atoms with Crippen LogP contribution in [-0.2, 0) is 4.79 Å². The first-order chi connectivity index (χ1) is 16.5. The molecular weight excluding hydrogens is 473 g/mol. The monoisotopic (exact) mass is 503 g/mol. The van der Waals surface area contributed by atoms with Gasteiger partial charge in [0.15, 0.2) is 0 Å². The van der Waals surface area contributed by atoms with E-state index in [2.05, 4.69) is 17.1 Å². The van der Waals surface area contributed by atoms with E-state index in [0.717, 1.165) is 25.1 Å². The van der Waals surface area contributed by atoms with Crippen LogP contribution in [0.3, 0.4) is 0 Å². The SMILES string of the molecule is CC1CCCCN1CCCNC(=O)C1CSC(c2ccc(F)cc2)N1C(=O)c1ccccc1Cl. The van der Waals surface area contributed by atoms with Crippen molar-refractivity contribution in [2.75, 3.05) is 25.4 Å². The van der Waals surface area contributed by atoms with Gasteiger partial charge in [-0.1, -0.05) is 42.3 Å². The first kappa shape index (κ1) is 25.0. The molecule has 2 aromatic carbocycles. The second kappa shape index (κ2) is 11.6. The van der Waals surface area contributed by atoms with E-state index >= 15 is 0 Å². The third-order valence-corrected chi connectivity index (χ3v) is 8.31. The lowest BCUT2D eigenvalue weighted by atomic mass is 10.0. The lowest BCUT2D eigenvalue weighted by Gasteiger charge is -2.33. The van der Waals surface area contributed by atoms with Crippen molar-refractivity contribution < 1.29 is 14.0 Å². The molecule has 8 heteroatoms. The molecule has 0 aliphatic carbocycles. The Kier molecular flexibility index (Phi) is 8.51. The highest BCUT2D eigenvalue weighted by molar-refractivity contribution is 7.99. The number of benzene rings is 2. The number of carbonyl (C=O) groups excluding carboxylic acids is 2. The summed E-state index contributed by atoms with van der Waals surface area (Å²) >= 11 is 7.83. The maximum absolute atomic E-state index is 13.6. The van der Waals surface area contributed by atoms with E-state index in [9.17, 15) is 14.0 Å². The summed E-state index contributed by atoms with van der Waals surface area (Å²) in [6, 6.07) is 12.9. The van der Waals surface area contributed by atoms with Crippen molar-refractivity contribution in [2.24, 2.45) is 0 Å². The van der Waals surface area contributed by atoms with Crippen molar-refractivity contribution in [3.8, 4) is 0 Å². The second-order valence-corrected chi connectivity index (χ2v) is 10.5. The third-order valence-electron chi connectivity index (χ3n) is 6.66. The summed E-state index contributed by atoms with van der Waals surface area (Å²) in [5, 5.41) is 3.00. The molecule has 0 bridgehead atoms. The van der Waals surface area contributed by atoms with E-state index in [-0.39, 0.29) is 17.6 Å². The largest absolute Gasteiger partial charge is 0.354 e. The summed E-state index contributed by atoms with van der Waals surface area (Å²) in [7, 11) is 0. The number of thioether (sulfide) groups is 1. The van der Waals surface area contributed by atoms with Crippen LogP contribution in [0.5, 0.6) is 0 Å². The number of carbonyl (C=O) groups is 2. The minimum atomic E-state index is -0.627. The average molecular weight is 504 g/mol. The van der Waals surface area contributed by atoms with Crippen molar-refractivity contribution in [1.29, 1.82) is 0 Å². The van der Waals surface area contributed by atoms with Gasteiger partial charge in [0.1, 0.15) is 17.2 Å². The van der Waals surface area contributed by atoms with Crippen LogP contribution in [0.25, 0.3) is 0 Å². The van der Waals surface area contributed by atoms with Gasteiger partial charge in [-0.05, 0) is 62.6 Å². The molecule has 34 heavy (non-hydrogen) atoms. The molecule has 0 aromatic heterocycles. The molecule has 1 N–H and O–H groups in total. The van der Waals surface area contributed by atoms with Gasteiger partial charge >= 0.3 is 0 Å². The zero-order valence-electron chi connectivity index (χ0n) is 19.4. The molecule has 3 unspecified atom stereocenters. The molecule has 2 aliphatic heterocycles. The van der Waals surface area contributed by atoms with Crippen LogP contribution in [0.4, 0.5) is 4.39 Å². The Labute approximate surface area is 210 Å². The summed E-state index contributed by atoms with van der Waals surface area (Å²) in [5.41, 5.74) is 1.14. The Morgan fingerprint density at radius 2 is 1.91 bits per heavy atom. The van der Waals surface area contributed by atoms with Crippen molar-refractivity contribution >= 4 is 35.2 Å². The van der Waals surface area contributed by atoms with Crippen molar-refractivity contribution in [3.05, 3.63) is 70.5 Å². The van der Waals surface area contributed by atoms with E-state index in [1.807, 2.05) is 0 Å². The fourth-order valence-electron chi connectivity index (χ4n) is 4.72. The fraction of sp³-hybridized carbons (Fsp3) is 0.462. The Hall–Kier alpha value is -2.09. The number of hydrogen-bond acceptors (Lipinski definition) is 4. The van der Waals surface area contributed by atoms with Crippen molar-refractivity contribution in [2.45, 2.75) is 50.1 Å². The van der Waals surface area contributed by atoms with Crippen LogP contribution in [0, 0.1) is 5.82 Å². The molecule has 0 spiro atoms. The molecule has 2 fully saturated rings. The van der Waals surface area contributed by atoms with Crippen LogP contribution in [0.15, 0.2) is 48.5 Å². The minimum Gasteiger partial charge on any atom is -0.354 e. The zero-order chi connectivity index (χ0) is 24.1. The molecule has 0 radical (unpaired) electrons. The summed E-state index contributed by atoms with van der Waals surface area (Å²) in [6.07, 6.45) is 4.63. The number of nitrogens with zero attached hydrogens (tertiary/aromatic N) is 2. The molecule has 2 amide bonds. The Morgan fingerprint density at radius 1 is 1.15 bits per heavy atom. The molecule has 2 aliphatic rings. The quantitative estimate of drug-likeness (QED) is 0.533. The summed E-state index contributed by atoms with van der Waals surface area (Å²) in [6.45, 7) is 4.91. The normalized spacial score (nSPS) is 23.1. The van der Waals surface area contributed by atoms with Gasteiger partial charge in [-0.3, -0.25) is 9.59 Å². The predicted octanol–water partition coefficient (Wildman–Crippen LogP) is 5.12. The number of piperidine rings is 1. The zero-order valence-corrected chi connectivity index (χ0v) is 21.0. The number of rotatable bonds is 7. The van der Waals surface area contributed by atoms with Crippen LogP contribution < -0.4 is 5.32 Å². The topological polar surface area (TPSA) is 52.7 Å². The van der Waals surface area contributed by atoms with Crippen LogP contribution in [-0.4, -0.2) is 59.1 Å². The van der Waals surface area contributed by atoms with Crippen molar-refractivity contribution in [3.63, 3.8) is 0 Å².